The molecule has 2 unspecified atom stereocenters. The van der Waals surface area contributed by atoms with Crippen molar-refractivity contribution in [2.24, 2.45) is 0 Å². The summed E-state index contributed by atoms with van der Waals surface area (Å²) in [5.74, 6) is -0.262. The smallest absolute Gasteiger partial charge is 0.238 e. The van der Waals surface area contributed by atoms with E-state index in [9.17, 15) is 13.2 Å². The van der Waals surface area contributed by atoms with Gasteiger partial charge in [0, 0.05) is 36.1 Å². The number of benzene rings is 2. The highest BCUT2D eigenvalue weighted by atomic mass is 32.2. The Labute approximate surface area is 177 Å². The van der Waals surface area contributed by atoms with Crippen LogP contribution in [-0.4, -0.2) is 49.0 Å². The van der Waals surface area contributed by atoms with Crippen LogP contribution in [-0.2, 0) is 14.8 Å². The normalized spacial score (nSPS) is 18.9. The van der Waals surface area contributed by atoms with Crippen molar-refractivity contribution in [2.75, 3.05) is 19.3 Å². The molecule has 0 bridgehead atoms. The van der Waals surface area contributed by atoms with E-state index in [2.05, 4.69) is 28.5 Å². The van der Waals surface area contributed by atoms with Gasteiger partial charge >= 0.3 is 0 Å². The third-order valence-electron chi connectivity index (χ3n) is 5.86. The molecule has 4 rings (SSSR count). The Hall–Kier alpha value is -2.64. The van der Waals surface area contributed by atoms with E-state index in [0.29, 0.717) is 19.5 Å². The monoisotopic (exact) mass is 425 g/mol. The number of carbonyl (C=O) groups excluding carboxylic acids is 1. The van der Waals surface area contributed by atoms with E-state index in [-0.39, 0.29) is 11.8 Å². The number of sulfonamides is 1. The molecule has 0 radical (unpaired) electrons. The number of hydrogen-bond acceptors (Lipinski definition) is 3. The molecule has 7 heteroatoms. The molecule has 158 valence electrons. The van der Waals surface area contributed by atoms with Gasteiger partial charge < -0.3 is 10.3 Å². The number of nitrogens with one attached hydrogen (secondary N) is 2. The largest absolute Gasteiger partial charge is 0.361 e. The zero-order valence-electron chi connectivity index (χ0n) is 17.0. The Kier molecular flexibility index (Phi) is 5.92. The Morgan fingerprint density at radius 3 is 2.63 bits per heavy atom. The van der Waals surface area contributed by atoms with Gasteiger partial charge in [0.25, 0.3) is 0 Å². The molecule has 1 fully saturated rings. The Balaban J connectivity index is 1.59. The van der Waals surface area contributed by atoms with Crippen LogP contribution in [0.2, 0.25) is 0 Å². The van der Waals surface area contributed by atoms with Crippen LogP contribution >= 0.6 is 0 Å². The van der Waals surface area contributed by atoms with Crippen molar-refractivity contribution in [2.45, 2.75) is 31.2 Å². The van der Waals surface area contributed by atoms with Crippen LogP contribution in [0.25, 0.3) is 10.9 Å². The fraction of sp³-hybridized carbons (Fsp3) is 0.348. The number of fused-ring (bicyclic) bond motifs is 1. The van der Waals surface area contributed by atoms with Gasteiger partial charge in [-0.1, -0.05) is 55.0 Å². The van der Waals surface area contributed by atoms with E-state index in [1.54, 1.807) is 0 Å². The van der Waals surface area contributed by atoms with Crippen LogP contribution in [0.5, 0.6) is 0 Å². The highest BCUT2D eigenvalue weighted by Gasteiger charge is 2.34. The lowest BCUT2D eigenvalue weighted by atomic mass is 9.90. The molecular weight excluding hydrogens is 398 g/mol. The second-order valence-corrected chi connectivity index (χ2v) is 9.82. The summed E-state index contributed by atoms with van der Waals surface area (Å²) in [5, 5.41) is 4.17. The van der Waals surface area contributed by atoms with Gasteiger partial charge in [0.2, 0.25) is 15.9 Å². The number of aromatic amines is 1. The maximum absolute atomic E-state index is 13.0. The molecule has 1 aromatic heterocycles. The van der Waals surface area contributed by atoms with E-state index >= 15 is 0 Å². The van der Waals surface area contributed by atoms with E-state index in [0.717, 1.165) is 34.9 Å². The lowest BCUT2D eigenvalue weighted by molar-refractivity contribution is -0.125. The molecule has 6 nitrogen and oxygen atoms in total. The number of nitrogens with zero attached hydrogens (tertiary/aromatic N) is 1. The van der Waals surface area contributed by atoms with E-state index in [1.165, 1.54) is 10.6 Å². The average Bonchev–Trinajstić information content (AvgIpc) is 3.18. The topological polar surface area (TPSA) is 82.3 Å². The van der Waals surface area contributed by atoms with Gasteiger partial charge in [0.15, 0.2) is 0 Å². The van der Waals surface area contributed by atoms with Crippen LogP contribution in [0.4, 0.5) is 0 Å². The summed E-state index contributed by atoms with van der Waals surface area (Å²) in [5.41, 5.74) is 3.27. The minimum absolute atomic E-state index is 0.0402. The molecule has 1 saturated heterocycles. The van der Waals surface area contributed by atoms with Crippen molar-refractivity contribution >= 4 is 26.8 Å². The molecule has 1 aliphatic rings. The van der Waals surface area contributed by atoms with Crippen LogP contribution in [0.15, 0.2) is 60.8 Å². The van der Waals surface area contributed by atoms with Crippen LogP contribution in [0, 0.1) is 0 Å². The number of hydrogen-bond donors (Lipinski definition) is 2. The van der Waals surface area contributed by atoms with Crippen molar-refractivity contribution in [3.8, 4) is 0 Å². The molecule has 1 amide bonds. The van der Waals surface area contributed by atoms with Gasteiger partial charge in [-0.05, 0) is 30.0 Å². The predicted molar refractivity (Wildman–Crippen MR) is 119 cm³/mol. The molecule has 2 atom stereocenters. The summed E-state index contributed by atoms with van der Waals surface area (Å²) in [6.45, 7) is 0.806. The van der Waals surface area contributed by atoms with Gasteiger partial charge in [-0.15, -0.1) is 0 Å². The molecule has 2 aromatic carbocycles. The molecular formula is C23H27N3O3S. The average molecular weight is 426 g/mol. The first-order chi connectivity index (χ1) is 14.4. The Bertz CT molecular complexity index is 1120. The fourth-order valence-electron chi connectivity index (χ4n) is 4.36. The molecule has 2 N–H and O–H groups in total. The number of aromatic nitrogens is 1. The molecule has 2 heterocycles. The predicted octanol–water partition coefficient (Wildman–Crippen LogP) is 3.23. The highest BCUT2D eigenvalue weighted by molar-refractivity contribution is 7.88. The van der Waals surface area contributed by atoms with Gasteiger partial charge in [-0.3, -0.25) is 4.79 Å². The lowest BCUT2D eigenvalue weighted by Crippen LogP contribution is -2.52. The summed E-state index contributed by atoms with van der Waals surface area (Å²) in [7, 11) is -3.42. The second-order valence-electron chi connectivity index (χ2n) is 7.88. The van der Waals surface area contributed by atoms with Crippen molar-refractivity contribution in [1.82, 2.24) is 14.6 Å². The van der Waals surface area contributed by atoms with Crippen LogP contribution in [0.1, 0.15) is 36.3 Å². The number of carbonyl (C=O) groups is 1. The van der Waals surface area contributed by atoms with Gasteiger partial charge in [0.1, 0.15) is 6.04 Å². The van der Waals surface area contributed by atoms with Crippen LogP contribution in [0.3, 0.4) is 0 Å². The van der Waals surface area contributed by atoms with Crippen molar-refractivity contribution < 1.29 is 13.2 Å². The minimum atomic E-state index is -3.42. The first-order valence-electron chi connectivity index (χ1n) is 10.3. The summed E-state index contributed by atoms with van der Waals surface area (Å²) in [6, 6.07) is 17.5. The first-order valence-corrected chi connectivity index (χ1v) is 12.2. The summed E-state index contributed by atoms with van der Waals surface area (Å²) < 4.78 is 25.6. The Morgan fingerprint density at radius 2 is 1.87 bits per heavy atom. The number of piperidine rings is 1. The van der Waals surface area contributed by atoms with E-state index < -0.39 is 16.1 Å². The molecule has 3 aromatic rings. The molecule has 0 spiro atoms. The molecule has 30 heavy (non-hydrogen) atoms. The second kappa shape index (κ2) is 8.62. The van der Waals surface area contributed by atoms with Crippen LogP contribution < -0.4 is 5.32 Å². The maximum Gasteiger partial charge on any atom is 0.238 e. The quantitative estimate of drug-likeness (QED) is 0.636. The third-order valence-corrected chi connectivity index (χ3v) is 7.15. The molecule has 0 saturated carbocycles. The zero-order valence-corrected chi connectivity index (χ0v) is 17.9. The number of para-hydroxylation sites is 1. The van der Waals surface area contributed by atoms with Crippen molar-refractivity contribution in [1.29, 1.82) is 0 Å². The zero-order chi connectivity index (χ0) is 21.1. The number of amides is 1. The standard InChI is InChI=1S/C23H27N3O3S/c1-30(28,29)26-14-8-7-13-22(26)23(27)25-15-19(17-9-3-2-4-10-17)20-16-24-21-12-6-5-11-18(20)21/h2-6,9-12,16,19,22,24H,7-8,13-15H2,1H3,(H,25,27). The molecule has 0 aliphatic carbocycles. The minimum Gasteiger partial charge on any atom is -0.361 e. The van der Waals surface area contributed by atoms with Crippen molar-refractivity contribution in [3.05, 3.63) is 71.9 Å². The lowest BCUT2D eigenvalue weighted by Gasteiger charge is -2.33. The number of H-pyrrole nitrogens is 1. The number of rotatable bonds is 6. The Morgan fingerprint density at radius 1 is 1.13 bits per heavy atom. The van der Waals surface area contributed by atoms with Gasteiger partial charge in [-0.2, -0.15) is 4.31 Å². The SMILES string of the molecule is CS(=O)(=O)N1CCCCC1C(=O)NCC(c1ccccc1)c1c[nH]c2ccccc12. The van der Waals surface area contributed by atoms with Crippen molar-refractivity contribution in [3.63, 3.8) is 0 Å². The fourth-order valence-corrected chi connectivity index (χ4v) is 5.48. The summed E-state index contributed by atoms with van der Waals surface area (Å²) in [4.78, 5) is 16.3. The summed E-state index contributed by atoms with van der Waals surface area (Å²) in [6.07, 6.45) is 5.38. The van der Waals surface area contributed by atoms with E-state index in [1.807, 2.05) is 42.6 Å². The van der Waals surface area contributed by atoms with E-state index in [4.69, 9.17) is 0 Å². The van der Waals surface area contributed by atoms with Gasteiger partial charge in [-0.25, -0.2) is 8.42 Å². The maximum atomic E-state index is 13.0. The highest BCUT2D eigenvalue weighted by Crippen LogP contribution is 2.30. The third kappa shape index (κ3) is 4.27. The molecule has 1 aliphatic heterocycles. The first kappa shape index (κ1) is 20.6. The van der Waals surface area contributed by atoms with Gasteiger partial charge in [0.05, 0.1) is 6.26 Å². The summed E-state index contributed by atoms with van der Waals surface area (Å²) >= 11 is 0.